The van der Waals surface area contributed by atoms with Crippen LogP contribution in [-0.4, -0.2) is 28.1 Å². The van der Waals surface area contributed by atoms with Crippen molar-refractivity contribution in [3.63, 3.8) is 0 Å². The van der Waals surface area contributed by atoms with Crippen LogP contribution in [0, 0.1) is 17.2 Å². The number of pyridine rings is 1. The third-order valence-electron chi connectivity index (χ3n) is 4.80. The summed E-state index contributed by atoms with van der Waals surface area (Å²) in [4.78, 5) is 17.9. The summed E-state index contributed by atoms with van der Waals surface area (Å²) in [5.41, 5.74) is 0.530. The second-order valence-corrected chi connectivity index (χ2v) is 5.97. The molecule has 2 fully saturated rings. The minimum absolute atomic E-state index is 0.245. The zero-order chi connectivity index (χ0) is 14.8. The number of carboxylic acid groups (broad SMARTS) is 1. The van der Waals surface area contributed by atoms with Crippen LogP contribution in [0.25, 0.3) is 0 Å². The maximum absolute atomic E-state index is 11.6. The minimum Gasteiger partial charge on any atom is -0.480 e. The number of aliphatic carboxylic acids is 1. The fourth-order valence-corrected chi connectivity index (χ4v) is 3.83. The van der Waals surface area contributed by atoms with E-state index in [-0.39, 0.29) is 6.04 Å². The van der Waals surface area contributed by atoms with E-state index in [9.17, 15) is 9.90 Å². The monoisotopic (exact) mass is 285 g/mol. The Labute approximate surface area is 124 Å². The number of nitriles is 1. The van der Waals surface area contributed by atoms with Crippen molar-refractivity contribution in [3.05, 3.63) is 23.9 Å². The van der Waals surface area contributed by atoms with Gasteiger partial charge in [0.2, 0.25) is 0 Å². The van der Waals surface area contributed by atoms with E-state index in [1.165, 1.54) is 12.8 Å². The molecule has 1 N–H and O–H groups in total. The maximum Gasteiger partial charge on any atom is 0.326 e. The van der Waals surface area contributed by atoms with Gasteiger partial charge in [-0.15, -0.1) is 0 Å². The molecule has 0 spiro atoms. The molecular formula is C16H19N3O2. The van der Waals surface area contributed by atoms with Crippen molar-refractivity contribution in [2.45, 2.75) is 50.6 Å². The van der Waals surface area contributed by atoms with Crippen LogP contribution >= 0.6 is 0 Å². The summed E-state index contributed by atoms with van der Waals surface area (Å²) >= 11 is 0. The van der Waals surface area contributed by atoms with Crippen LogP contribution in [0.4, 0.5) is 5.82 Å². The number of piperidine rings is 1. The molecule has 110 valence electrons. The van der Waals surface area contributed by atoms with Gasteiger partial charge in [-0.05, 0) is 43.7 Å². The molecule has 21 heavy (non-hydrogen) atoms. The van der Waals surface area contributed by atoms with Gasteiger partial charge in [-0.3, -0.25) is 0 Å². The fourth-order valence-electron chi connectivity index (χ4n) is 3.83. The first-order valence-corrected chi connectivity index (χ1v) is 7.58. The molecule has 1 aromatic rings. The lowest BCUT2D eigenvalue weighted by Crippen LogP contribution is -2.55. The highest BCUT2D eigenvalue weighted by atomic mass is 16.4. The topological polar surface area (TPSA) is 77.2 Å². The molecular weight excluding hydrogens is 266 g/mol. The van der Waals surface area contributed by atoms with Gasteiger partial charge >= 0.3 is 5.97 Å². The molecule has 5 heteroatoms. The molecule has 1 saturated heterocycles. The summed E-state index contributed by atoms with van der Waals surface area (Å²) in [6.45, 7) is 0. The van der Waals surface area contributed by atoms with Gasteiger partial charge in [0.05, 0.1) is 11.6 Å². The predicted molar refractivity (Wildman–Crippen MR) is 77.8 cm³/mol. The van der Waals surface area contributed by atoms with Crippen molar-refractivity contribution in [3.8, 4) is 6.07 Å². The number of nitrogens with zero attached hydrogens (tertiary/aromatic N) is 3. The molecule has 3 rings (SSSR count). The molecule has 0 aromatic carbocycles. The van der Waals surface area contributed by atoms with Crippen molar-refractivity contribution in [2.75, 3.05) is 4.90 Å². The number of carbonyl (C=O) groups is 1. The molecule has 0 amide bonds. The number of anilines is 1. The van der Waals surface area contributed by atoms with Gasteiger partial charge in [0.15, 0.2) is 0 Å². The van der Waals surface area contributed by atoms with E-state index in [1.54, 1.807) is 18.3 Å². The van der Waals surface area contributed by atoms with Gasteiger partial charge in [0.1, 0.15) is 11.9 Å². The first-order chi connectivity index (χ1) is 10.2. The molecule has 3 atom stereocenters. The van der Waals surface area contributed by atoms with E-state index in [1.807, 2.05) is 4.90 Å². The molecule has 1 saturated carbocycles. The average Bonchev–Trinajstić information content (AvgIpc) is 2.53. The summed E-state index contributed by atoms with van der Waals surface area (Å²) in [7, 11) is 0. The lowest BCUT2D eigenvalue weighted by Gasteiger charge is -2.47. The summed E-state index contributed by atoms with van der Waals surface area (Å²) in [5.74, 6) is 0.406. The zero-order valence-corrected chi connectivity index (χ0v) is 11.9. The second-order valence-electron chi connectivity index (χ2n) is 5.97. The summed E-state index contributed by atoms with van der Waals surface area (Å²) in [6, 6.07) is 5.20. The molecule has 5 nitrogen and oxygen atoms in total. The lowest BCUT2D eigenvalue weighted by molar-refractivity contribution is -0.139. The van der Waals surface area contributed by atoms with Gasteiger partial charge < -0.3 is 10.0 Å². The smallest absolute Gasteiger partial charge is 0.326 e. The van der Waals surface area contributed by atoms with Crippen molar-refractivity contribution >= 4 is 11.8 Å². The van der Waals surface area contributed by atoms with Crippen molar-refractivity contribution in [1.29, 1.82) is 5.26 Å². The third kappa shape index (κ3) is 2.58. The van der Waals surface area contributed by atoms with E-state index in [4.69, 9.17) is 5.26 Å². The Morgan fingerprint density at radius 3 is 2.90 bits per heavy atom. The summed E-state index contributed by atoms with van der Waals surface area (Å²) in [6.07, 6.45) is 7.81. The predicted octanol–water partition coefficient (Wildman–Crippen LogP) is 2.57. The molecule has 1 aromatic heterocycles. The van der Waals surface area contributed by atoms with E-state index < -0.39 is 12.0 Å². The van der Waals surface area contributed by atoms with Crippen molar-refractivity contribution < 1.29 is 9.90 Å². The highest BCUT2D eigenvalue weighted by Crippen LogP contribution is 2.40. The molecule has 0 radical (unpaired) electrons. The highest BCUT2D eigenvalue weighted by molar-refractivity contribution is 5.78. The first-order valence-electron chi connectivity index (χ1n) is 7.58. The number of carboxylic acids is 1. The van der Waals surface area contributed by atoms with Crippen LogP contribution < -0.4 is 4.90 Å². The Bertz CT molecular complexity index is 581. The molecule has 3 unspecified atom stereocenters. The van der Waals surface area contributed by atoms with Gasteiger partial charge in [0, 0.05) is 12.2 Å². The first kappa shape index (κ1) is 13.9. The Hall–Kier alpha value is -2.09. The van der Waals surface area contributed by atoms with Gasteiger partial charge in [-0.25, -0.2) is 9.78 Å². The van der Waals surface area contributed by atoms with Crippen LogP contribution in [0.15, 0.2) is 18.3 Å². The van der Waals surface area contributed by atoms with Gasteiger partial charge in [-0.2, -0.15) is 5.26 Å². The lowest BCUT2D eigenvalue weighted by atomic mass is 9.76. The van der Waals surface area contributed by atoms with Crippen molar-refractivity contribution in [2.24, 2.45) is 5.92 Å². The number of aromatic nitrogens is 1. The normalized spacial score (nSPS) is 28.5. The third-order valence-corrected chi connectivity index (χ3v) is 4.80. The van der Waals surface area contributed by atoms with Crippen molar-refractivity contribution in [1.82, 2.24) is 4.98 Å². The van der Waals surface area contributed by atoms with E-state index >= 15 is 0 Å². The van der Waals surface area contributed by atoms with Crippen LogP contribution in [0.1, 0.15) is 44.1 Å². The van der Waals surface area contributed by atoms with E-state index in [0.29, 0.717) is 23.7 Å². The number of hydrogen-bond acceptors (Lipinski definition) is 4. The van der Waals surface area contributed by atoms with Crippen LogP contribution in [-0.2, 0) is 4.79 Å². The average molecular weight is 285 g/mol. The number of hydrogen-bond donors (Lipinski definition) is 1. The van der Waals surface area contributed by atoms with Gasteiger partial charge in [-0.1, -0.05) is 12.8 Å². The number of fused-ring (bicyclic) bond motifs is 1. The standard InChI is InChI=1S/C16H19N3O2/c17-10-11-7-8-18-15(9-11)19-13-4-2-1-3-12(13)5-6-14(19)16(20)21/h7-9,12-14H,1-6H2,(H,20,21). The minimum atomic E-state index is -0.789. The quantitative estimate of drug-likeness (QED) is 0.903. The van der Waals surface area contributed by atoms with E-state index in [2.05, 4.69) is 11.1 Å². The summed E-state index contributed by atoms with van der Waals surface area (Å²) in [5, 5.41) is 18.6. The Kier molecular flexibility index (Phi) is 3.78. The van der Waals surface area contributed by atoms with Crippen LogP contribution in [0.3, 0.4) is 0 Å². The van der Waals surface area contributed by atoms with Crippen LogP contribution in [0.5, 0.6) is 0 Å². The summed E-state index contributed by atoms with van der Waals surface area (Å²) < 4.78 is 0. The Balaban J connectivity index is 1.99. The highest BCUT2D eigenvalue weighted by Gasteiger charge is 2.42. The fraction of sp³-hybridized carbons (Fsp3) is 0.562. The zero-order valence-electron chi connectivity index (χ0n) is 11.9. The second kappa shape index (κ2) is 5.72. The van der Waals surface area contributed by atoms with E-state index in [0.717, 1.165) is 19.3 Å². The Morgan fingerprint density at radius 2 is 2.14 bits per heavy atom. The van der Waals surface area contributed by atoms with Crippen LogP contribution in [0.2, 0.25) is 0 Å². The largest absolute Gasteiger partial charge is 0.480 e. The molecule has 1 aliphatic carbocycles. The molecule has 0 bridgehead atoms. The van der Waals surface area contributed by atoms with Gasteiger partial charge in [0.25, 0.3) is 0 Å². The SMILES string of the molecule is N#Cc1ccnc(N2C(C(=O)O)CCC3CCCCC32)c1. The molecule has 1 aliphatic heterocycles. The number of rotatable bonds is 2. The molecule has 2 aliphatic rings. The Morgan fingerprint density at radius 1 is 1.33 bits per heavy atom. The molecule has 2 heterocycles. The maximum atomic E-state index is 11.6.